The lowest BCUT2D eigenvalue weighted by Crippen LogP contribution is -2.38. The van der Waals surface area contributed by atoms with Gasteiger partial charge in [-0.1, -0.05) is 127 Å². The number of hydrogen-bond acceptors (Lipinski definition) is 5. The van der Waals surface area contributed by atoms with Crippen LogP contribution in [0.4, 0.5) is 0 Å². The fourth-order valence-electron chi connectivity index (χ4n) is 8.17. The Morgan fingerprint density at radius 1 is 0.604 bits per heavy atom. The lowest BCUT2D eigenvalue weighted by Gasteiger charge is -2.37. The van der Waals surface area contributed by atoms with Gasteiger partial charge in [-0.25, -0.2) is 0 Å². The third kappa shape index (κ3) is 5.64. The average molecular weight is 695 g/mol. The van der Waals surface area contributed by atoms with E-state index in [0.29, 0.717) is 6.42 Å². The number of rotatable bonds is 8. The summed E-state index contributed by atoms with van der Waals surface area (Å²) in [5.74, 6) is 8.31. The van der Waals surface area contributed by atoms with Crippen LogP contribution >= 0.6 is 0 Å². The molecule has 8 aromatic rings. The largest absolute Gasteiger partial charge is 0.497 e. The summed E-state index contributed by atoms with van der Waals surface area (Å²) in [7, 11) is 3.31. The molecule has 0 unspecified atom stereocenters. The maximum atomic E-state index is 11.3. The van der Waals surface area contributed by atoms with Crippen LogP contribution in [0.15, 0.2) is 146 Å². The average Bonchev–Trinajstić information content (AvgIpc) is 3.58. The highest BCUT2D eigenvalue weighted by molar-refractivity contribution is 6.33. The molecule has 1 fully saturated rings. The zero-order chi connectivity index (χ0) is 35.9. The van der Waals surface area contributed by atoms with Crippen molar-refractivity contribution in [2.45, 2.75) is 30.3 Å². The lowest BCUT2D eigenvalue weighted by molar-refractivity contribution is -0.0759. The molecular weight excluding hydrogens is 657 g/mol. The maximum Gasteiger partial charge on any atom is 0.143 e. The smallest absolute Gasteiger partial charge is 0.143 e. The summed E-state index contributed by atoms with van der Waals surface area (Å²) in [4.78, 5) is 0. The van der Waals surface area contributed by atoms with E-state index in [2.05, 4.69) is 90.7 Å². The topological polar surface area (TPSA) is 57.2 Å². The van der Waals surface area contributed by atoms with Crippen molar-refractivity contribution in [2.24, 2.45) is 0 Å². The van der Waals surface area contributed by atoms with E-state index in [9.17, 15) is 5.11 Å². The molecule has 0 aliphatic carbocycles. The highest BCUT2D eigenvalue weighted by Crippen LogP contribution is 2.43. The summed E-state index contributed by atoms with van der Waals surface area (Å²) in [5, 5.41) is 21.2. The van der Waals surface area contributed by atoms with Crippen LogP contribution in [0.1, 0.15) is 28.7 Å². The summed E-state index contributed by atoms with van der Waals surface area (Å²) < 4.78 is 24.5. The van der Waals surface area contributed by atoms with E-state index in [-0.39, 0.29) is 6.61 Å². The first-order valence-corrected chi connectivity index (χ1v) is 18.0. The van der Waals surface area contributed by atoms with E-state index in [1.165, 1.54) is 37.7 Å². The summed E-state index contributed by atoms with van der Waals surface area (Å²) in [5.41, 5.74) is 2.71. The van der Waals surface area contributed by atoms with Gasteiger partial charge in [0.1, 0.15) is 29.3 Å². The van der Waals surface area contributed by atoms with Crippen molar-refractivity contribution < 1.29 is 24.1 Å². The Kier molecular flexibility index (Phi) is 8.45. The minimum absolute atomic E-state index is 0.137. The van der Waals surface area contributed by atoms with Crippen molar-refractivity contribution in [3.63, 3.8) is 0 Å². The molecule has 1 saturated heterocycles. The summed E-state index contributed by atoms with van der Waals surface area (Å²) in [6, 6.07) is 49.8. The van der Waals surface area contributed by atoms with Crippen LogP contribution in [0.3, 0.4) is 0 Å². The van der Waals surface area contributed by atoms with Gasteiger partial charge in [0.05, 0.1) is 26.9 Å². The second-order valence-corrected chi connectivity index (χ2v) is 13.6. The molecule has 1 aliphatic heterocycles. The van der Waals surface area contributed by atoms with Crippen molar-refractivity contribution in [1.82, 2.24) is 0 Å². The predicted octanol–water partition coefficient (Wildman–Crippen LogP) is 9.63. The molecular formula is C48H38O5. The highest BCUT2D eigenvalue weighted by atomic mass is 16.6. The fourth-order valence-corrected chi connectivity index (χ4v) is 8.17. The van der Waals surface area contributed by atoms with Crippen LogP contribution in [0.25, 0.3) is 43.1 Å². The Hall–Kier alpha value is -5.90. The number of aliphatic hydroxyl groups excluding tert-OH is 1. The molecule has 0 spiro atoms. The van der Waals surface area contributed by atoms with Gasteiger partial charge < -0.3 is 24.1 Å². The van der Waals surface area contributed by atoms with Crippen LogP contribution in [-0.2, 0) is 15.1 Å². The first kappa shape index (κ1) is 33.0. The minimum Gasteiger partial charge on any atom is -0.497 e. The van der Waals surface area contributed by atoms with Gasteiger partial charge in [-0.2, -0.15) is 0 Å². The van der Waals surface area contributed by atoms with Gasteiger partial charge in [-0.3, -0.25) is 0 Å². The third-order valence-electron chi connectivity index (χ3n) is 10.8. The van der Waals surface area contributed by atoms with E-state index in [0.717, 1.165) is 39.1 Å². The maximum absolute atomic E-state index is 11.3. The number of ether oxygens (including phenoxy) is 4. The zero-order valence-corrected chi connectivity index (χ0v) is 29.6. The van der Waals surface area contributed by atoms with E-state index < -0.39 is 23.9 Å². The first-order valence-electron chi connectivity index (χ1n) is 18.0. The molecule has 1 N–H and O–H groups in total. The Bertz CT molecular complexity index is 2520. The summed E-state index contributed by atoms with van der Waals surface area (Å²) >= 11 is 0. The number of methoxy groups -OCH3 is 2. The van der Waals surface area contributed by atoms with Gasteiger partial charge in [-0.15, -0.1) is 0 Å². The quantitative estimate of drug-likeness (QED) is 0.0743. The van der Waals surface area contributed by atoms with Gasteiger partial charge >= 0.3 is 0 Å². The fraction of sp³-hybridized carbons (Fsp3) is 0.167. The molecule has 1 aliphatic rings. The van der Waals surface area contributed by atoms with Crippen LogP contribution < -0.4 is 9.47 Å². The second-order valence-electron chi connectivity index (χ2n) is 13.6. The van der Waals surface area contributed by atoms with Crippen LogP contribution in [0.2, 0.25) is 0 Å². The lowest BCUT2D eigenvalue weighted by atomic mass is 9.80. The standard InChI is InChI=1S/C48H38O5/c1-50-36-24-19-34(20-25-36)48(33-11-4-3-5-12-33,35-21-26-37(51-2)27-22-35)52-30-45-44(49)29-38(53-45)23-17-31-18-28-43-41-15-7-10-32-9-6-14-40(46(32)41)42-16-8-13-39(31)47(42)43/h3-16,18-22,24-28,38,44-45,49H,29-30H2,1-2H3/t38-,44+,45-/m1/s1. The monoisotopic (exact) mass is 694 g/mol. The van der Waals surface area contributed by atoms with Gasteiger partial charge in [0, 0.05) is 12.0 Å². The normalized spacial score (nSPS) is 17.4. The van der Waals surface area contributed by atoms with Crippen molar-refractivity contribution in [2.75, 3.05) is 20.8 Å². The molecule has 0 saturated carbocycles. The van der Waals surface area contributed by atoms with Crippen LogP contribution in [0, 0.1) is 11.8 Å². The molecule has 5 heteroatoms. The molecule has 0 amide bonds. The van der Waals surface area contributed by atoms with Gasteiger partial charge in [0.15, 0.2) is 0 Å². The molecule has 260 valence electrons. The van der Waals surface area contributed by atoms with E-state index in [1.807, 2.05) is 66.7 Å². The first-order chi connectivity index (χ1) is 26.1. The number of benzene rings is 8. The molecule has 3 atom stereocenters. The van der Waals surface area contributed by atoms with Crippen molar-refractivity contribution >= 4 is 43.1 Å². The predicted molar refractivity (Wildman–Crippen MR) is 212 cm³/mol. The van der Waals surface area contributed by atoms with E-state index in [4.69, 9.17) is 18.9 Å². The van der Waals surface area contributed by atoms with Crippen LogP contribution in [0.5, 0.6) is 11.5 Å². The molecule has 0 radical (unpaired) electrons. The molecule has 53 heavy (non-hydrogen) atoms. The summed E-state index contributed by atoms with van der Waals surface area (Å²) in [6.45, 7) is 0.137. The third-order valence-corrected chi connectivity index (χ3v) is 10.8. The Labute approximate surface area is 308 Å². The molecule has 1 heterocycles. The Balaban J connectivity index is 1.04. The van der Waals surface area contributed by atoms with Gasteiger partial charge in [0.25, 0.3) is 0 Å². The van der Waals surface area contributed by atoms with Gasteiger partial charge in [0.2, 0.25) is 0 Å². The SMILES string of the molecule is COc1ccc(C(OC[C@H]2O[C@H](C#Cc3ccc4c5cccc6cccc(c7cccc3c74)c65)C[C@@H]2O)(c2ccccc2)c2ccc(OC)cc2)cc1. The highest BCUT2D eigenvalue weighted by Gasteiger charge is 2.41. The zero-order valence-electron chi connectivity index (χ0n) is 29.6. The Morgan fingerprint density at radius 3 is 1.77 bits per heavy atom. The molecule has 5 nitrogen and oxygen atoms in total. The number of fused-ring (bicyclic) bond motifs is 2. The molecule has 9 rings (SSSR count). The minimum atomic E-state index is -1.01. The second kappa shape index (κ2) is 13.6. The van der Waals surface area contributed by atoms with Gasteiger partial charge in [-0.05, 0) is 90.1 Å². The molecule has 8 aromatic carbocycles. The van der Waals surface area contributed by atoms with Crippen molar-refractivity contribution in [1.29, 1.82) is 0 Å². The van der Waals surface area contributed by atoms with E-state index >= 15 is 0 Å². The van der Waals surface area contributed by atoms with Crippen molar-refractivity contribution in [3.05, 3.63) is 168 Å². The molecule has 0 bridgehead atoms. The summed E-state index contributed by atoms with van der Waals surface area (Å²) in [6.07, 6.45) is -1.39. The van der Waals surface area contributed by atoms with Crippen molar-refractivity contribution in [3.8, 4) is 23.3 Å². The molecule has 0 aromatic heterocycles. The van der Waals surface area contributed by atoms with E-state index in [1.54, 1.807) is 14.2 Å². The number of hydrogen-bond donors (Lipinski definition) is 1. The number of aliphatic hydroxyl groups is 1. The van der Waals surface area contributed by atoms with Crippen LogP contribution in [-0.4, -0.2) is 44.2 Å². The Morgan fingerprint density at radius 2 is 1.15 bits per heavy atom.